The van der Waals surface area contributed by atoms with E-state index in [1.54, 1.807) is 0 Å². The van der Waals surface area contributed by atoms with Crippen molar-refractivity contribution in [2.45, 2.75) is 0 Å². The Morgan fingerprint density at radius 3 is 1.93 bits per heavy atom. The molecule has 10 rings (SSSR count). The average Bonchev–Trinajstić information content (AvgIpc) is 3.77. The predicted octanol–water partition coefficient (Wildman–Crippen LogP) is 9.43. The Bertz CT molecular complexity index is 2650. The highest BCUT2D eigenvalue weighted by molar-refractivity contribution is 6.14. The van der Waals surface area contributed by atoms with Crippen LogP contribution in [0.1, 0.15) is 0 Å². The highest BCUT2D eigenvalue weighted by Gasteiger charge is 2.20. The second-order valence-corrected chi connectivity index (χ2v) is 10.9. The number of rotatable bonds is 2. The number of hydrogen-bond acceptors (Lipinski definition) is 2. The smallest absolute Gasteiger partial charge is 0.220 e. The zero-order valence-corrected chi connectivity index (χ0v) is 22.4. The zero-order valence-electron chi connectivity index (χ0n) is 22.4. The van der Waals surface area contributed by atoms with Gasteiger partial charge < -0.3 is 8.98 Å². The van der Waals surface area contributed by atoms with Crippen LogP contribution in [-0.4, -0.2) is 18.5 Å². The van der Waals surface area contributed by atoms with E-state index in [4.69, 9.17) is 9.40 Å². The van der Waals surface area contributed by atoms with E-state index in [0.717, 1.165) is 61.2 Å². The lowest BCUT2D eigenvalue weighted by molar-refractivity contribution is 0.669. The number of nitrogens with zero attached hydrogens (tertiary/aromatic N) is 4. The van der Waals surface area contributed by atoms with Crippen molar-refractivity contribution in [2.75, 3.05) is 0 Å². The number of benzene rings is 6. The van der Waals surface area contributed by atoms with E-state index in [1.165, 1.54) is 21.8 Å². The van der Waals surface area contributed by atoms with Crippen LogP contribution in [0.3, 0.4) is 0 Å². The van der Waals surface area contributed by atoms with E-state index in [-0.39, 0.29) is 0 Å². The molecule has 0 saturated carbocycles. The SMILES string of the molecule is c1ccc2c(c1)nc1n(-c3ccc4oc5cccc(-n6c7ccccc7c7ccccc76)c5c4c3)c3ccccc3n21. The third kappa shape index (κ3) is 2.74. The molecule has 0 radical (unpaired) electrons. The van der Waals surface area contributed by atoms with Crippen LogP contribution in [0.25, 0.3) is 83.0 Å². The molecule has 6 aromatic carbocycles. The van der Waals surface area contributed by atoms with Crippen LogP contribution >= 0.6 is 0 Å². The van der Waals surface area contributed by atoms with E-state index in [0.29, 0.717) is 0 Å². The minimum absolute atomic E-state index is 0.864. The molecule has 0 saturated heterocycles. The van der Waals surface area contributed by atoms with Crippen molar-refractivity contribution in [2.24, 2.45) is 0 Å². The van der Waals surface area contributed by atoms with Crippen LogP contribution in [0.2, 0.25) is 0 Å². The summed E-state index contributed by atoms with van der Waals surface area (Å²) in [6, 6.07) is 46.9. The summed E-state index contributed by atoms with van der Waals surface area (Å²) in [5.41, 5.74) is 10.6. The molecule has 0 aliphatic carbocycles. The molecule has 10 aromatic rings. The first-order valence-corrected chi connectivity index (χ1v) is 14.2. The van der Waals surface area contributed by atoms with Gasteiger partial charge >= 0.3 is 0 Å². The maximum absolute atomic E-state index is 6.47. The molecule has 0 fully saturated rings. The van der Waals surface area contributed by atoms with Crippen LogP contribution in [0.15, 0.2) is 138 Å². The molecular weight excluding hydrogens is 516 g/mol. The molecule has 0 aliphatic rings. The van der Waals surface area contributed by atoms with Gasteiger partial charge in [0.25, 0.3) is 0 Å². The molecule has 4 aromatic heterocycles. The Hall–Kier alpha value is -5.81. The molecule has 4 heterocycles. The Morgan fingerprint density at radius 1 is 0.476 bits per heavy atom. The molecular formula is C37H22N4O. The molecule has 0 spiro atoms. The Morgan fingerprint density at radius 2 is 1.14 bits per heavy atom. The Labute approximate surface area is 239 Å². The van der Waals surface area contributed by atoms with Crippen LogP contribution in [0.5, 0.6) is 0 Å². The highest BCUT2D eigenvalue weighted by atomic mass is 16.3. The quantitative estimate of drug-likeness (QED) is 0.220. The normalized spacial score (nSPS) is 12.3. The number of imidazole rings is 2. The summed E-state index contributed by atoms with van der Waals surface area (Å²) in [4.78, 5) is 5.08. The van der Waals surface area contributed by atoms with Gasteiger partial charge in [-0.1, -0.05) is 66.7 Å². The first-order valence-electron chi connectivity index (χ1n) is 14.2. The van der Waals surface area contributed by atoms with Crippen LogP contribution in [-0.2, 0) is 0 Å². The van der Waals surface area contributed by atoms with Gasteiger partial charge in [-0.15, -0.1) is 0 Å². The number of para-hydroxylation sites is 6. The van der Waals surface area contributed by atoms with Gasteiger partial charge in [0.15, 0.2) is 0 Å². The monoisotopic (exact) mass is 538 g/mol. The van der Waals surface area contributed by atoms with Crippen molar-refractivity contribution in [1.29, 1.82) is 0 Å². The van der Waals surface area contributed by atoms with Gasteiger partial charge in [0.1, 0.15) is 11.2 Å². The number of furan rings is 1. The fourth-order valence-electron chi connectivity index (χ4n) is 6.91. The second-order valence-electron chi connectivity index (χ2n) is 10.9. The Balaban J connectivity index is 1.32. The predicted molar refractivity (Wildman–Crippen MR) is 171 cm³/mol. The van der Waals surface area contributed by atoms with E-state index in [9.17, 15) is 0 Å². The summed E-state index contributed by atoms with van der Waals surface area (Å²) >= 11 is 0. The fourth-order valence-corrected chi connectivity index (χ4v) is 6.91. The maximum Gasteiger partial charge on any atom is 0.220 e. The van der Waals surface area contributed by atoms with E-state index in [2.05, 4.69) is 141 Å². The molecule has 5 nitrogen and oxygen atoms in total. The molecule has 0 bridgehead atoms. The van der Waals surface area contributed by atoms with Crippen molar-refractivity contribution in [1.82, 2.24) is 18.5 Å². The van der Waals surface area contributed by atoms with Gasteiger partial charge in [-0.05, 0) is 66.7 Å². The topological polar surface area (TPSA) is 40.3 Å². The van der Waals surface area contributed by atoms with Crippen LogP contribution in [0.4, 0.5) is 0 Å². The van der Waals surface area contributed by atoms with Gasteiger partial charge in [-0.2, -0.15) is 0 Å². The summed E-state index contributed by atoms with van der Waals surface area (Å²) in [6.45, 7) is 0. The zero-order chi connectivity index (χ0) is 27.4. The lowest BCUT2D eigenvalue weighted by Crippen LogP contribution is -1.96. The van der Waals surface area contributed by atoms with Gasteiger partial charge in [-0.3, -0.25) is 8.97 Å². The highest BCUT2D eigenvalue weighted by Crippen LogP contribution is 2.39. The molecule has 0 amide bonds. The molecule has 5 heteroatoms. The standard InChI is InChI=1S/C37H22N4O/c1-4-13-28-24(10-1)25-11-2-5-14-29(25)40(28)33-18-9-19-35-36(33)26-22-23(20-21-34(26)42-35)39-31-16-7-8-17-32(31)41-30-15-6-3-12-27(30)38-37(39)41/h1-22H. The van der Waals surface area contributed by atoms with Crippen molar-refractivity contribution in [3.05, 3.63) is 133 Å². The van der Waals surface area contributed by atoms with E-state index < -0.39 is 0 Å². The molecule has 0 unspecified atom stereocenters. The van der Waals surface area contributed by atoms with E-state index in [1.807, 2.05) is 6.07 Å². The largest absolute Gasteiger partial charge is 0.456 e. The summed E-state index contributed by atoms with van der Waals surface area (Å²) in [5, 5.41) is 4.66. The lowest BCUT2D eigenvalue weighted by atomic mass is 10.1. The van der Waals surface area contributed by atoms with Gasteiger partial charge in [-0.25, -0.2) is 4.98 Å². The minimum atomic E-state index is 0.864. The van der Waals surface area contributed by atoms with E-state index >= 15 is 0 Å². The molecule has 0 aliphatic heterocycles. The maximum atomic E-state index is 6.47. The van der Waals surface area contributed by atoms with Crippen LogP contribution in [0, 0.1) is 0 Å². The van der Waals surface area contributed by atoms with Crippen molar-refractivity contribution >= 4 is 71.6 Å². The minimum Gasteiger partial charge on any atom is -0.456 e. The number of fused-ring (bicyclic) bond motifs is 11. The van der Waals surface area contributed by atoms with Gasteiger partial charge in [0.05, 0.1) is 49.9 Å². The second kappa shape index (κ2) is 7.89. The first kappa shape index (κ1) is 21.9. The number of hydrogen-bond donors (Lipinski definition) is 0. The summed E-state index contributed by atoms with van der Waals surface area (Å²) in [7, 11) is 0. The van der Waals surface area contributed by atoms with Gasteiger partial charge in [0, 0.05) is 16.2 Å². The Kier molecular flexibility index (Phi) is 4.12. The summed E-state index contributed by atoms with van der Waals surface area (Å²) in [6.07, 6.45) is 0. The number of aromatic nitrogens is 4. The molecule has 196 valence electrons. The molecule has 0 N–H and O–H groups in total. The average molecular weight is 539 g/mol. The third-order valence-electron chi connectivity index (χ3n) is 8.64. The summed E-state index contributed by atoms with van der Waals surface area (Å²) < 4.78 is 13.4. The van der Waals surface area contributed by atoms with Crippen molar-refractivity contribution in [3.8, 4) is 11.4 Å². The fraction of sp³-hybridized carbons (Fsp3) is 0. The third-order valence-corrected chi connectivity index (χ3v) is 8.64. The van der Waals surface area contributed by atoms with Crippen molar-refractivity contribution < 1.29 is 4.42 Å². The van der Waals surface area contributed by atoms with Crippen molar-refractivity contribution in [3.63, 3.8) is 0 Å². The lowest BCUT2D eigenvalue weighted by Gasteiger charge is -2.10. The molecule has 42 heavy (non-hydrogen) atoms. The summed E-state index contributed by atoms with van der Waals surface area (Å²) in [5.74, 6) is 0.896. The van der Waals surface area contributed by atoms with Crippen LogP contribution < -0.4 is 0 Å². The molecule has 0 atom stereocenters. The van der Waals surface area contributed by atoms with Gasteiger partial charge in [0.2, 0.25) is 5.78 Å². The first-order chi connectivity index (χ1) is 20.8.